The summed E-state index contributed by atoms with van der Waals surface area (Å²) < 4.78 is 5.26. The maximum atomic E-state index is 12.5. The van der Waals surface area contributed by atoms with Crippen LogP contribution in [0.15, 0.2) is 18.2 Å². The number of carbonyl (C=O) groups is 1. The minimum Gasteiger partial charge on any atom is -0.379 e. The minimum atomic E-state index is -0.898. The second kappa shape index (κ2) is 7.48. The molecule has 0 N–H and O–H groups in total. The average molecular weight is 345 g/mol. The number of nitriles is 1. The molecule has 0 saturated carbocycles. The summed E-state index contributed by atoms with van der Waals surface area (Å²) in [5, 5.41) is 9.56. The van der Waals surface area contributed by atoms with Gasteiger partial charge in [-0.15, -0.1) is 0 Å². The topological polar surface area (TPSA) is 53.3 Å². The van der Waals surface area contributed by atoms with E-state index in [1.54, 1.807) is 6.07 Å². The lowest BCUT2D eigenvalue weighted by atomic mass is 9.97. The number of ether oxygens (including phenoxy) is 1. The molecule has 1 aliphatic rings. The number of halogens is 2. The van der Waals surface area contributed by atoms with Crippen LogP contribution >= 0.6 is 35.8 Å². The van der Waals surface area contributed by atoms with Gasteiger partial charge in [-0.25, -0.2) is 0 Å². The predicted molar refractivity (Wildman–Crippen MR) is 85.1 cm³/mol. The van der Waals surface area contributed by atoms with Crippen molar-refractivity contribution in [3.8, 4) is 6.07 Å². The van der Waals surface area contributed by atoms with Gasteiger partial charge < -0.3 is 4.74 Å². The Morgan fingerprint density at radius 2 is 2.05 bits per heavy atom. The van der Waals surface area contributed by atoms with Crippen molar-refractivity contribution in [1.82, 2.24) is 4.90 Å². The highest BCUT2D eigenvalue weighted by Gasteiger charge is 2.32. The molecule has 2 rings (SSSR count). The van der Waals surface area contributed by atoms with Crippen LogP contribution in [0.25, 0.3) is 0 Å². The Kier molecular flexibility index (Phi) is 5.91. The van der Waals surface area contributed by atoms with Crippen molar-refractivity contribution in [1.29, 1.82) is 5.26 Å². The maximum absolute atomic E-state index is 12.5. The molecule has 1 saturated heterocycles. The zero-order valence-electron chi connectivity index (χ0n) is 11.1. The lowest BCUT2D eigenvalue weighted by Gasteiger charge is -2.33. The van der Waals surface area contributed by atoms with Crippen molar-refractivity contribution in [2.45, 2.75) is 5.37 Å². The van der Waals surface area contributed by atoms with Crippen LogP contribution in [0.4, 0.5) is 0 Å². The standard InChI is InChI=1S/C14H14Cl2N2O2S/c15-9-1-2-10(12(16)7-9)13(19)11(8-17)14(21)18-3-5-20-6-4-18/h1-2,7,11,14,21H,3-6H2. The molecule has 112 valence electrons. The SMILES string of the molecule is N#CC(C(=O)c1ccc(Cl)cc1Cl)C(S)N1CCOCC1. The van der Waals surface area contributed by atoms with E-state index in [0.29, 0.717) is 36.9 Å². The molecular formula is C14H14Cl2N2O2S. The van der Waals surface area contributed by atoms with E-state index < -0.39 is 11.3 Å². The van der Waals surface area contributed by atoms with Crippen LogP contribution in [-0.4, -0.2) is 42.4 Å². The quantitative estimate of drug-likeness (QED) is 0.673. The van der Waals surface area contributed by atoms with E-state index in [9.17, 15) is 10.1 Å². The highest BCUT2D eigenvalue weighted by molar-refractivity contribution is 7.80. The van der Waals surface area contributed by atoms with Crippen molar-refractivity contribution in [3.63, 3.8) is 0 Å². The van der Waals surface area contributed by atoms with Gasteiger partial charge in [-0.05, 0) is 18.2 Å². The van der Waals surface area contributed by atoms with Crippen LogP contribution in [0, 0.1) is 17.2 Å². The van der Waals surface area contributed by atoms with Crippen LogP contribution < -0.4 is 0 Å². The van der Waals surface area contributed by atoms with Crippen molar-refractivity contribution in [2.75, 3.05) is 26.3 Å². The first kappa shape index (κ1) is 16.6. The molecule has 21 heavy (non-hydrogen) atoms. The molecule has 1 aliphatic heterocycles. The van der Waals surface area contributed by atoms with Gasteiger partial charge in [0.1, 0.15) is 5.92 Å². The molecule has 1 aromatic rings. The summed E-state index contributed by atoms with van der Waals surface area (Å²) >= 11 is 16.3. The van der Waals surface area contributed by atoms with Gasteiger partial charge in [-0.2, -0.15) is 17.9 Å². The van der Waals surface area contributed by atoms with Gasteiger partial charge in [0.25, 0.3) is 0 Å². The number of thiol groups is 1. The third kappa shape index (κ3) is 3.91. The number of ketones is 1. The molecule has 7 heteroatoms. The van der Waals surface area contributed by atoms with Crippen LogP contribution in [0.3, 0.4) is 0 Å². The van der Waals surface area contributed by atoms with E-state index in [1.807, 2.05) is 11.0 Å². The first-order valence-electron chi connectivity index (χ1n) is 6.43. The van der Waals surface area contributed by atoms with Gasteiger partial charge in [-0.3, -0.25) is 9.69 Å². The molecule has 1 aromatic carbocycles. The molecule has 0 amide bonds. The van der Waals surface area contributed by atoms with Crippen LogP contribution in [0.1, 0.15) is 10.4 Å². The summed E-state index contributed by atoms with van der Waals surface area (Å²) in [6, 6.07) is 6.65. The normalized spacial score (nSPS) is 18.8. The van der Waals surface area contributed by atoms with Gasteiger partial charge in [0.2, 0.25) is 0 Å². The Morgan fingerprint density at radius 3 is 2.62 bits per heavy atom. The Bertz CT molecular complexity index is 571. The number of Topliss-reactive ketones (excluding diaryl/α,β-unsaturated/α-hetero) is 1. The summed E-state index contributed by atoms with van der Waals surface area (Å²) in [7, 11) is 0. The minimum absolute atomic E-state index is 0.246. The zero-order valence-corrected chi connectivity index (χ0v) is 13.5. The number of benzene rings is 1. The number of carbonyl (C=O) groups excluding carboxylic acids is 1. The second-order valence-corrected chi connectivity index (χ2v) is 6.03. The summed E-state index contributed by atoms with van der Waals surface area (Å²) in [6.07, 6.45) is 0. The van der Waals surface area contributed by atoms with Gasteiger partial charge in [0.05, 0.1) is 29.7 Å². The van der Waals surface area contributed by atoms with Gasteiger partial charge in [-0.1, -0.05) is 23.2 Å². The monoisotopic (exact) mass is 344 g/mol. The lowest BCUT2D eigenvalue weighted by molar-refractivity contribution is 0.0271. The third-order valence-corrected chi connectivity index (χ3v) is 4.51. The third-order valence-electron chi connectivity index (χ3n) is 3.34. The first-order chi connectivity index (χ1) is 10.0. The van der Waals surface area contributed by atoms with E-state index in [2.05, 4.69) is 12.6 Å². The van der Waals surface area contributed by atoms with E-state index in [-0.39, 0.29) is 10.8 Å². The molecule has 0 radical (unpaired) electrons. The largest absolute Gasteiger partial charge is 0.379 e. The van der Waals surface area contributed by atoms with Crippen molar-refractivity contribution in [2.24, 2.45) is 5.92 Å². The van der Waals surface area contributed by atoms with Crippen LogP contribution in [-0.2, 0) is 4.74 Å². The molecular weight excluding hydrogens is 331 g/mol. The number of morpholine rings is 1. The fourth-order valence-electron chi connectivity index (χ4n) is 2.17. The Hall–Kier alpha value is -0.770. The number of rotatable bonds is 4. The molecule has 4 nitrogen and oxygen atoms in total. The first-order valence-corrected chi connectivity index (χ1v) is 7.70. The lowest BCUT2D eigenvalue weighted by Crippen LogP contribution is -2.45. The van der Waals surface area contributed by atoms with E-state index in [0.717, 1.165) is 0 Å². The van der Waals surface area contributed by atoms with E-state index >= 15 is 0 Å². The molecule has 0 spiro atoms. The highest BCUT2D eigenvalue weighted by atomic mass is 35.5. The molecule has 1 heterocycles. The molecule has 1 fully saturated rings. The van der Waals surface area contributed by atoms with Crippen LogP contribution in [0.5, 0.6) is 0 Å². The van der Waals surface area contributed by atoms with Crippen LogP contribution in [0.2, 0.25) is 10.0 Å². The fourth-order valence-corrected chi connectivity index (χ4v) is 3.10. The van der Waals surface area contributed by atoms with Crippen molar-refractivity contribution >= 4 is 41.6 Å². The summed E-state index contributed by atoms with van der Waals surface area (Å²) in [6.45, 7) is 2.44. The van der Waals surface area contributed by atoms with Gasteiger partial charge in [0.15, 0.2) is 5.78 Å². The number of hydrogen-bond acceptors (Lipinski definition) is 5. The summed E-state index contributed by atoms with van der Waals surface area (Å²) in [4.78, 5) is 14.5. The Morgan fingerprint density at radius 1 is 1.38 bits per heavy atom. The average Bonchev–Trinajstić information content (AvgIpc) is 2.48. The molecule has 0 bridgehead atoms. The van der Waals surface area contributed by atoms with Gasteiger partial charge >= 0.3 is 0 Å². The maximum Gasteiger partial charge on any atom is 0.183 e. The summed E-state index contributed by atoms with van der Waals surface area (Å²) in [5.74, 6) is -1.24. The van der Waals surface area contributed by atoms with E-state index in [1.165, 1.54) is 12.1 Å². The predicted octanol–water partition coefficient (Wildman–Crippen LogP) is 2.90. The molecule has 0 aliphatic carbocycles. The Balaban J connectivity index is 2.20. The summed E-state index contributed by atoms with van der Waals surface area (Å²) in [5.41, 5.74) is 0.292. The highest BCUT2D eigenvalue weighted by Crippen LogP contribution is 2.27. The smallest absolute Gasteiger partial charge is 0.183 e. The molecule has 2 atom stereocenters. The van der Waals surface area contributed by atoms with Crippen molar-refractivity contribution < 1.29 is 9.53 Å². The van der Waals surface area contributed by atoms with Crippen molar-refractivity contribution in [3.05, 3.63) is 33.8 Å². The van der Waals surface area contributed by atoms with Gasteiger partial charge in [0, 0.05) is 23.7 Å². The zero-order chi connectivity index (χ0) is 15.4. The number of hydrogen-bond donors (Lipinski definition) is 1. The molecule has 0 aromatic heterocycles. The molecule has 2 unspecified atom stereocenters. The fraction of sp³-hybridized carbons (Fsp3) is 0.429. The second-order valence-electron chi connectivity index (χ2n) is 4.66. The Labute approximate surface area is 139 Å². The number of nitrogens with zero attached hydrogens (tertiary/aromatic N) is 2. The van der Waals surface area contributed by atoms with E-state index in [4.69, 9.17) is 27.9 Å².